The van der Waals surface area contributed by atoms with Crippen LogP contribution < -0.4 is 10.9 Å². The first kappa shape index (κ1) is 21.3. The van der Waals surface area contributed by atoms with E-state index in [9.17, 15) is 18.0 Å². The summed E-state index contributed by atoms with van der Waals surface area (Å²) in [5.41, 5.74) is -1.43. The van der Waals surface area contributed by atoms with E-state index in [1.807, 2.05) is 17.5 Å². The highest BCUT2D eigenvalue weighted by atomic mass is 35.5. The SMILES string of the molecule is CC(C)(C)C(Nc1cnn(-c2ccc(C(F)(F)F)cn2)c(=O)c1Cl)c1cccs1. The topological polar surface area (TPSA) is 59.8 Å². The number of alkyl halides is 3. The average Bonchev–Trinajstić information content (AvgIpc) is 3.15. The van der Waals surface area contributed by atoms with Gasteiger partial charge in [-0.3, -0.25) is 4.79 Å². The van der Waals surface area contributed by atoms with Gasteiger partial charge in [0.15, 0.2) is 5.82 Å². The molecule has 0 aromatic carbocycles. The minimum atomic E-state index is -4.51. The summed E-state index contributed by atoms with van der Waals surface area (Å²) in [5, 5.41) is 9.15. The van der Waals surface area contributed by atoms with Crippen LogP contribution in [0, 0.1) is 5.41 Å². The van der Waals surface area contributed by atoms with Crippen LogP contribution in [0.15, 0.2) is 46.8 Å². The van der Waals surface area contributed by atoms with Crippen molar-refractivity contribution in [2.24, 2.45) is 5.41 Å². The molecule has 0 aliphatic carbocycles. The molecular weight excluding hydrogens is 425 g/mol. The molecule has 29 heavy (non-hydrogen) atoms. The van der Waals surface area contributed by atoms with Crippen molar-refractivity contribution in [1.29, 1.82) is 0 Å². The molecule has 3 rings (SSSR count). The molecule has 0 saturated heterocycles. The fourth-order valence-corrected chi connectivity index (χ4v) is 3.90. The van der Waals surface area contributed by atoms with Crippen molar-refractivity contribution < 1.29 is 13.2 Å². The number of pyridine rings is 1. The Hall–Kier alpha value is -2.39. The van der Waals surface area contributed by atoms with E-state index in [2.05, 4.69) is 36.2 Å². The fourth-order valence-electron chi connectivity index (χ4n) is 2.70. The molecule has 0 aliphatic rings. The normalized spacial score (nSPS) is 13.3. The lowest BCUT2D eigenvalue weighted by Gasteiger charge is -2.31. The molecule has 0 fully saturated rings. The van der Waals surface area contributed by atoms with Crippen molar-refractivity contribution >= 4 is 28.6 Å². The predicted molar refractivity (Wildman–Crippen MR) is 108 cm³/mol. The number of nitrogens with one attached hydrogen (secondary N) is 1. The second-order valence-corrected chi connectivity index (χ2v) is 8.81. The molecule has 0 amide bonds. The van der Waals surface area contributed by atoms with Crippen LogP contribution >= 0.6 is 22.9 Å². The van der Waals surface area contributed by atoms with Crippen LogP contribution in [-0.4, -0.2) is 14.8 Å². The van der Waals surface area contributed by atoms with E-state index in [1.54, 1.807) is 11.3 Å². The summed E-state index contributed by atoms with van der Waals surface area (Å²) < 4.78 is 39.0. The monoisotopic (exact) mass is 442 g/mol. The Morgan fingerprint density at radius 1 is 1.17 bits per heavy atom. The molecule has 3 heterocycles. The number of thiophene rings is 1. The van der Waals surface area contributed by atoms with Crippen molar-refractivity contribution in [1.82, 2.24) is 14.8 Å². The Balaban J connectivity index is 1.95. The van der Waals surface area contributed by atoms with E-state index >= 15 is 0 Å². The van der Waals surface area contributed by atoms with Gasteiger partial charge in [-0.05, 0) is 29.0 Å². The second kappa shape index (κ2) is 7.79. The summed E-state index contributed by atoms with van der Waals surface area (Å²) in [5.74, 6) is -0.0536. The molecule has 1 unspecified atom stereocenters. The molecule has 0 bridgehead atoms. The van der Waals surface area contributed by atoms with Crippen LogP contribution in [0.3, 0.4) is 0 Å². The lowest BCUT2D eigenvalue weighted by Crippen LogP contribution is -2.28. The molecule has 0 aliphatic heterocycles. The van der Waals surface area contributed by atoms with Crippen molar-refractivity contribution in [3.8, 4) is 5.82 Å². The summed E-state index contributed by atoms with van der Waals surface area (Å²) in [6, 6.07) is 5.71. The molecular formula is C19H18ClF3N4OS. The van der Waals surface area contributed by atoms with Gasteiger partial charge >= 0.3 is 6.18 Å². The van der Waals surface area contributed by atoms with Gasteiger partial charge in [0, 0.05) is 11.1 Å². The summed E-state index contributed by atoms with van der Waals surface area (Å²) in [6.07, 6.45) is -2.50. The maximum Gasteiger partial charge on any atom is 0.417 e. The van der Waals surface area contributed by atoms with Crippen LogP contribution in [-0.2, 0) is 6.18 Å². The van der Waals surface area contributed by atoms with Crippen LogP contribution in [0.5, 0.6) is 0 Å². The van der Waals surface area contributed by atoms with Gasteiger partial charge < -0.3 is 5.32 Å². The Bertz CT molecular complexity index is 1040. The molecule has 3 aromatic rings. The zero-order valence-electron chi connectivity index (χ0n) is 15.8. The summed E-state index contributed by atoms with van der Waals surface area (Å²) in [7, 11) is 0. The largest absolute Gasteiger partial charge is 0.417 e. The number of hydrogen-bond donors (Lipinski definition) is 1. The molecule has 5 nitrogen and oxygen atoms in total. The average molecular weight is 443 g/mol. The predicted octanol–water partition coefficient (Wildman–Crippen LogP) is 5.56. The summed E-state index contributed by atoms with van der Waals surface area (Å²) in [6.45, 7) is 6.16. The van der Waals surface area contributed by atoms with Gasteiger partial charge in [0.1, 0.15) is 5.02 Å². The minimum absolute atomic E-state index is 0.0536. The quantitative estimate of drug-likeness (QED) is 0.574. The Morgan fingerprint density at radius 2 is 1.90 bits per heavy atom. The van der Waals surface area contributed by atoms with Crippen LogP contribution in [0.2, 0.25) is 5.02 Å². The number of hydrogen-bond acceptors (Lipinski definition) is 5. The summed E-state index contributed by atoms with van der Waals surface area (Å²) >= 11 is 7.85. The van der Waals surface area contributed by atoms with Gasteiger partial charge in [0.25, 0.3) is 5.56 Å². The molecule has 1 N–H and O–H groups in total. The van der Waals surface area contributed by atoms with Crippen LogP contribution in [0.25, 0.3) is 5.82 Å². The van der Waals surface area contributed by atoms with Gasteiger partial charge in [-0.15, -0.1) is 11.3 Å². The first-order valence-corrected chi connectivity index (χ1v) is 9.85. The third-order valence-electron chi connectivity index (χ3n) is 4.20. The second-order valence-electron chi connectivity index (χ2n) is 7.45. The van der Waals surface area contributed by atoms with Crippen molar-refractivity contribution in [3.63, 3.8) is 0 Å². The maximum absolute atomic E-state index is 12.7. The van der Waals surface area contributed by atoms with Crippen molar-refractivity contribution in [2.75, 3.05) is 5.32 Å². The minimum Gasteiger partial charge on any atom is -0.374 e. The fraction of sp³-hybridized carbons (Fsp3) is 0.316. The highest BCUT2D eigenvalue weighted by Crippen LogP contribution is 2.38. The lowest BCUT2D eigenvalue weighted by atomic mass is 9.85. The maximum atomic E-state index is 12.7. The number of nitrogens with zero attached hydrogens (tertiary/aromatic N) is 3. The van der Waals surface area contributed by atoms with Gasteiger partial charge in [-0.25, -0.2) is 4.98 Å². The smallest absolute Gasteiger partial charge is 0.374 e. The first-order valence-electron chi connectivity index (χ1n) is 8.60. The van der Waals surface area contributed by atoms with Gasteiger partial charge in [0.2, 0.25) is 0 Å². The van der Waals surface area contributed by atoms with E-state index in [0.717, 1.165) is 21.7 Å². The zero-order chi connectivity index (χ0) is 21.4. The number of anilines is 1. The number of halogens is 4. The molecule has 10 heteroatoms. The van der Waals surface area contributed by atoms with Crippen LogP contribution in [0.4, 0.5) is 18.9 Å². The molecule has 0 spiro atoms. The molecule has 0 saturated carbocycles. The highest BCUT2D eigenvalue weighted by Gasteiger charge is 2.31. The van der Waals surface area contributed by atoms with E-state index in [-0.39, 0.29) is 22.3 Å². The Labute approximate surface area is 174 Å². The third kappa shape index (κ3) is 4.62. The van der Waals surface area contributed by atoms with Gasteiger partial charge in [0.05, 0.1) is 23.5 Å². The molecule has 1 atom stereocenters. The van der Waals surface area contributed by atoms with Crippen LogP contribution in [0.1, 0.15) is 37.3 Å². The standard InChI is InChI=1S/C19H18ClF3N4OS/c1-18(2,3)16(13-5-4-8-29-13)26-12-10-25-27(17(28)15(12)20)14-7-6-11(9-24-14)19(21,22)23/h4-10,16,26H,1-3H3. The third-order valence-corrected chi connectivity index (χ3v) is 5.51. The van der Waals surface area contributed by atoms with E-state index in [0.29, 0.717) is 11.9 Å². The van der Waals surface area contributed by atoms with Gasteiger partial charge in [-0.2, -0.15) is 23.0 Å². The first-order chi connectivity index (χ1) is 13.5. The number of aromatic nitrogens is 3. The van der Waals surface area contributed by atoms with Crippen molar-refractivity contribution in [3.05, 3.63) is 67.9 Å². The molecule has 3 aromatic heterocycles. The van der Waals surface area contributed by atoms with E-state index < -0.39 is 17.3 Å². The van der Waals surface area contributed by atoms with E-state index in [1.165, 1.54) is 6.20 Å². The highest BCUT2D eigenvalue weighted by molar-refractivity contribution is 7.10. The van der Waals surface area contributed by atoms with Crippen molar-refractivity contribution in [2.45, 2.75) is 33.0 Å². The number of rotatable bonds is 4. The zero-order valence-corrected chi connectivity index (χ0v) is 17.4. The van der Waals surface area contributed by atoms with Gasteiger partial charge in [-0.1, -0.05) is 38.4 Å². The Morgan fingerprint density at radius 3 is 2.41 bits per heavy atom. The molecule has 0 radical (unpaired) electrons. The summed E-state index contributed by atoms with van der Waals surface area (Å²) in [4.78, 5) is 17.4. The van der Waals surface area contributed by atoms with E-state index in [4.69, 9.17) is 11.6 Å². The lowest BCUT2D eigenvalue weighted by molar-refractivity contribution is -0.137. The molecule has 154 valence electrons. The Kier molecular flexibility index (Phi) is 5.73.